The minimum absolute atomic E-state index is 0.0794. The normalized spacial score (nSPS) is 10.2. The van der Waals surface area contributed by atoms with E-state index in [4.69, 9.17) is 18.0 Å². The number of thiocarbonyl (C=S) groups is 1. The summed E-state index contributed by atoms with van der Waals surface area (Å²) in [7, 11) is 0. The first-order valence-corrected chi connectivity index (χ1v) is 8.02. The molecule has 3 N–H and O–H groups in total. The maximum absolute atomic E-state index is 13.9. The Balaban J connectivity index is 2.27. The lowest BCUT2D eigenvalue weighted by atomic mass is 10.1. The van der Waals surface area contributed by atoms with Crippen LogP contribution >= 0.6 is 50.7 Å². The average molecular weight is 479 g/mol. The minimum Gasteiger partial charge on any atom is -0.389 e. The molecule has 0 spiro atoms. The monoisotopic (exact) mass is 478 g/mol. The van der Waals surface area contributed by atoms with Crippen LogP contribution in [-0.2, 0) is 0 Å². The highest BCUT2D eigenvalue weighted by molar-refractivity contribution is 14.1. The van der Waals surface area contributed by atoms with E-state index in [1.807, 2.05) is 28.7 Å². The molecule has 0 aliphatic heterocycles. The Morgan fingerprint density at radius 2 is 2.00 bits per heavy atom. The summed E-state index contributed by atoms with van der Waals surface area (Å²) in [6.07, 6.45) is 0. The molecule has 0 radical (unpaired) electrons. The fraction of sp³-hybridized carbons (Fsp3) is 0. The maximum Gasteiger partial charge on any atom is 0.256 e. The molecule has 2 aromatic rings. The molecule has 0 aromatic heterocycles. The molecule has 108 valence electrons. The van der Waals surface area contributed by atoms with E-state index in [2.05, 4.69) is 21.2 Å². The summed E-state index contributed by atoms with van der Waals surface area (Å²) in [5.41, 5.74) is 6.39. The molecule has 1 amide bonds. The van der Waals surface area contributed by atoms with Crippen molar-refractivity contribution in [2.24, 2.45) is 5.73 Å². The highest BCUT2D eigenvalue weighted by Gasteiger charge is 2.13. The van der Waals surface area contributed by atoms with Crippen molar-refractivity contribution >= 4 is 67.3 Å². The second-order valence-corrected chi connectivity index (χ2v) is 6.65. The van der Waals surface area contributed by atoms with Gasteiger partial charge in [0.2, 0.25) is 0 Å². The van der Waals surface area contributed by atoms with Crippen LogP contribution in [0, 0.1) is 9.39 Å². The molecule has 3 nitrogen and oxygen atoms in total. The van der Waals surface area contributed by atoms with Gasteiger partial charge in [0.05, 0.1) is 11.3 Å². The number of hydrogen-bond acceptors (Lipinski definition) is 2. The predicted octanol–water partition coefficient (Wildman–Crippen LogP) is 4.08. The molecule has 0 unspecified atom stereocenters. The Labute approximate surface area is 148 Å². The fourth-order valence-electron chi connectivity index (χ4n) is 1.63. The van der Waals surface area contributed by atoms with Crippen molar-refractivity contribution in [1.82, 2.24) is 0 Å². The zero-order chi connectivity index (χ0) is 15.6. The van der Waals surface area contributed by atoms with Crippen molar-refractivity contribution < 1.29 is 9.18 Å². The van der Waals surface area contributed by atoms with E-state index < -0.39 is 5.82 Å². The van der Waals surface area contributed by atoms with E-state index in [9.17, 15) is 9.18 Å². The van der Waals surface area contributed by atoms with Gasteiger partial charge >= 0.3 is 0 Å². The maximum atomic E-state index is 13.9. The average Bonchev–Trinajstić information content (AvgIpc) is 2.43. The number of rotatable bonds is 3. The Kier molecular flexibility index (Phi) is 5.28. The van der Waals surface area contributed by atoms with Gasteiger partial charge < -0.3 is 11.1 Å². The molecule has 2 aromatic carbocycles. The van der Waals surface area contributed by atoms with Crippen molar-refractivity contribution in [2.75, 3.05) is 5.32 Å². The Bertz CT molecular complexity index is 739. The number of benzene rings is 2. The molecular weight excluding hydrogens is 470 g/mol. The van der Waals surface area contributed by atoms with Crippen LogP contribution in [0.25, 0.3) is 0 Å². The highest BCUT2D eigenvalue weighted by Crippen LogP contribution is 2.21. The molecule has 0 atom stereocenters. The lowest BCUT2D eigenvalue weighted by molar-refractivity contribution is 0.102. The Morgan fingerprint density at radius 3 is 2.62 bits per heavy atom. The standard InChI is InChI=1S/C14H9BrFIN2OS/c15-8-2-3-11(17)9(6-8)14(20)19-12-4-1-7(13(18)21)5-10(12)16/h1-6H,(H2,18,21)(H,19,20). The molecule has 0 aliphatic rings. The van der Waals surface area contributed by atoms with Crippen LogP contribution in [0.3, 0.4) is 0 Å². The number of hydrogen-bond donors (Lipinski definition) is 2. The molecule has 0 heterocycles. The molecule has 0 saturated carbocycles. The number of anilines is 1. The Hall–Kier alpha value is -1.06. The van der Waals surface area contributed by atoms with Gasteiger partial charge in [-0.15, -0.1) is 0 Å². The quantitative estimate of drug-likeness (QED) is 0.516. The van der Waals surface area contributed by atoms with Crippen LogP contribution < -0.4 is 11.1 Å². The molecule has 0 fully saturated rings. The van der Waals surface area contributed by atoms with E-state index in [-0.39, 0.29) is 16.6 Å². The third kappa shape index (κ3) is 3.98. The van der Waals surface area contributed by atoms with Crippen LogP contribution in [0.5, 0.6) is 0 Å². The third-order valence-electron chi connectivity index (χ3n) is 2.67. The van der Waals surface area contributed by atoms with Crippen LogP contribution in [0.1, 0.15) is 15.9 Å². The topological polar surface area (TPSA) is 55.1 Å². The predicted molar refractivity (Wildman–Crippen MR) is 97.1 cm³/mol. The van der Waals surface area contributed by atoms with Crippen LogP contribution in [0.2, 0.25) is 0 Å². The lowest BCUT2D eigenvalue weighted by Gasteiger charge is -2.09. The van der Waals surface area contributed by atoms with Gasteiger partial charge in [-0.25, -0.2) is 4.39 Å². The molecule has 0 saturated heterocycles. The fourth-order valence-corrected chi connectivity index (χ4v) is 2.70. The summed E-state index contributed by atoms with van der Waals surface area (Å²) in [6, 6.07) is 9.50. The first-order valence-electron chi connectivity index (χ1n) is 5.74. The zero-order valence-electron chi connectivity index (χ0n) is 10.5. The molecular formula is C14H9BrFIN2OS. The van der Waals surface area contributed by atoms with Crippen molar-refractivity contribution in [1.29, 1.82) is 0 Å². The van der Waals surface area contributed by atoms with Gasteiger partial charge in [-0.3, -0.25) is 4.79 Å². The number of nitrogens with one attached hydrogen (secondary N) is 1. The number of amides is 1. The second kappa shape index (κ2) is 6.80. The number of nitrogens with two attached hydrogens (primary N) is 1. The first-order chi connectivity index (χ1) is 9.88. The van der Waals surface area contributed by atoms with Crippen molar-refractivity contribution in [2.45, 2.75) is 0 Å². The molecule has 2 rings (SSSR count). The van der Waals surface area contributed by atoms with E-state index in [1.54, 1.807) is 18.2 Å². The largest absolute Gasteiger partial charge is 0.389 e. The third-order valence-corrected chi connectivity index (χ3v) is 4.34. The molecule has 0 aliphatic carbocycles. The second-order valence-electron chi connectivity index (χ2n) is 4.14. The summed E-state index contributed by atoms with van der Waals surface area (Å²) >= 11 is 10.1. The van der Waals surface area contributed by atoms with Gasteiger partial charge in [-0.2, -0.15) is 0 Å². The van der Waals surface area contributed by atoms with Crippen LogP contribution in [0.15, 0.2) is 40.9 Å². The number of carbonyl (C=O) groups is 1. The molecule has 0 bridgehead atoms. The van der Waals surface area contributed by atoms with Gasteiger partial charge in [0.25, 0.3) is 5.91 Å². The molecule has 21 heavy (non-hydrogen) atoms. The zero-order valence-corrected chi connectivity index (χ0v) is 15.1. The van der Waals surface area contributed by atoms with E-state index >= 15 is 0 Å². The van der Waals surface area contributed by atoms with E-state index in [0.717, 1.165) is 8.04 Å². The summed E-state index contributed by atoms with van der Waals surface area (Å²) in [5, 5.41) is 2.54. The van der Waals surface area contributed by atoms with Gasteiger partial charge in [0, 0.05) is 13.6 Å². The summed E-state index contributed by atoms with van der Waals surface area (Å²) < 4.78 is 15.5. The van der Waals surface area contributed by atoms with E-state index in [1.165, 1.54) is 12.1 Å². The first kappa shape index (κ1) is 16.3. The van der Waals surface area contributed by atoms with Gasteiger partial charge in [-0.05, 0) is 59.0 Å². The highest BCUT2D eigenvalue weighted by atomic mass is 127. The lowest BCUT2D eigenvalue weighted by Crippen LogP contribution is -2.15. The van der Waals surface area contributed by atoms with Crippen molar-refractivity contribution in [3.05, 3.63) is 61.4 Å². The molecule has 7 heteroatoms. The number of halogens is 3. The van der Waals surface area contributed by atoms with Gasteiger partial charge in [-0.1, -0.05) is 28.1 Å². The summed E-state index contributed by atoms with van der Waals surface area (Å²) in [4.78, 5) is 12.3. The van der Waals surface area contributed by atoms with Crippen LogP contribution in [-0.4, -0.2) is 10.9 Å². The van der Waals surface area contributed by atoms with Crippen molar-refractivity contribution in [3.63, 3.8) is 0 Å². The SMILES string of the molecule is NC(=S)c1ccc(NC(=O)c2cc(Br)ccc2I)c(F)c1. The summed E-state index contributed by atoms with van der Waals surface area (Å²) in [5.74, 6) is -0.971. The van der Waals surface area contributed by atoms with Gasteiger partial charge in [0.15, 0.2) is 0 Å². The minimum atomic E-state index is -0.585. The Morgan fingerprint density at radius 1 is 1.29 bits per heavy atom. The number of carbonyl (C=O) groups excluding carboxylic acids is 1. The van der Waals surface area contributed by atoms with Crippen molar-refractivity contribution in [3.8, 4) is 0 Å². The van der Waals surface area contributed by atoms with Gasteiger partial charge in [0.1, 0.15) is 10.8 Å². The van der Waals surface area contributed by atoms with Crippen LogP contribution in [0.4, 0.5) is 10.1 Å². The summed E-state index contributed by atoms with van der Waals surface area (Å²) in [6.45, 7) is 0. The smallest absolute Gasteiger partial charge is 0.256 e. The van der Waals surface area contributed by atoms with E-state index in [0.29, 0.717) is 11.1 Å².